The number of aryl methyl sites for hydroxylation is 1. The molecule has 0 aliphatic carbocycles. The van der Waals surface area contributed by atoms with E-state index in [1.165, 1.54) is 5.56 Å². The van der Waals surface area contributed by atoms with E-state index in [0.717, 1.165) is 26.2 Å². The summed E-state index contributed by atoms with van der Waals surface area (Å²) < 4.78 is 6.92. The lowest BCUT2D eigenvalue weighted by atomic mass is 9.98. The second-order valence-corrected chi connectivity index (χ2v) is 4.47. The van der Waals surface area contributed by atoms with E-state index in [1.807, 2.05) is 17.9 Å². The Morgan fingerprint density at radius 1 is 1.56 bits per heavy atom. The molecule has 1 aliphatic heterocycles. The van der Waals surface area contributed by atoms with Crippen molar-refractivity contribution in [1.82, 2.24) is 14.7 Å². The lowest BCUT2D eigenvalue weighted by Gasteiger charge is -2.14. The number of nitrogens with zero attached hydrogens (tertiary/aromatic N) is 3. The Hall–Kier alpha value is -0.910. The normalized spacial score (nSPS) is 26.4. The van der Waals surface area contributed by atoms with Gasteiger partial charge in [0.05, 0.1) is 12.8 Å². The van der Waals surface area contributed by atoms with Gasteiger partial charge in [0.25, 0.3) is 0 Å². The second-order valence-electron chi connectivity index (χ2n) is 4.47. The van der Waals surface area contributed by atoms with Crippen LogP contribution in [0.15, 0.2) is 12.4 Å². The first kappa shape index (κ1) is 11.6. The summed E-state index contributed by atoms with van der Waals surface area (Å²) in [5.41, 5.74) is 7.41. The predicted molar refractivity (Wildman–Crippen MR) is 62.2 cm³/mol. The average Bonchev–Trinajstić information content (AvgIpc) is 2.82. The Kier molecular flexibility index (Phi) is 3.58. The molecular formula is C11H20N4O. The molecule has 1 fully saturated rings. The molecule has 0 saturated carbocycles. The van der Waals surface area contributed by atoms with Gasteiger partial charge in [0.2, 0.25) is 0 Å². The largest absolute Gasteiger partial charge is 0.383 e. The van der Waals surface area contributed by atoms with Crippen molar-refractivity contribution in [2.45, 2.75) is 12.0 Å². The van der Waals surface area contributed by atoms with Crippen molar-refractivity contribution < 1.29 is 4.74 Å². The maximum atomic E-state index is 6.16. The molecule has 16 heavy (non-hydrogen) atoms. The van der Waals surface area contributed by atoms with Crippen LogP contribution in [0.25, 0.3) is 0 Å². The summed E-state index contributed by atoms with van der Waals surface area (Å²) in [6.45, 7) is 3.69. The Labute approximate surface area is 96.2 Å². The standard InChI is InChI=1S/C11H20N4O/c1-14-6-9(5-13-14)10-7-15(3-4-16-2)8-11(10)12/h5-6,10-11H,3-4,7-8,12H2,1-2H3/t10?,11-/m1/s1. The molecule has 2 heterocycles. The van der Waals surface area contributed by atoms with Crippen LogP contribution in [0.5, 0.6) is 0 Å². The summed E-state index contributed by atoms with van der Waals surface area (Å²) in [6.07, 6.45) is 3.98. The Bertz CT molecular complexity index is 338. The number of likely N-dealkylation sites (tertiary alicyclic amines) is 1. The highest BCUT2D eigenvalue weighted by atomic mass is 16.5. The van der Waals surface area contributed by atoms with Crippen molar-refractivity contribution in [3.8, 4) is 0 Å². The van der Waals surface area contributed by atoms with Gasteiger partial charge in [-0.2, -0.15) is 5.10 Å². The molecular weight excluding hydrogens is 204 g/mol. The first-order valence-corrected chi connectivity index (χ1v) is 5.66. The Balaban J connectivity index is 1.97. The van der Waals surface area contributed by atoms with Gasteiger partial charge >= 0.3 is 0 Å². The smallest absolute Gasteiger partial charge is 0.0589 e. The summed E-state index contributed by atoms with van der Waals surface area (Å²) in [5, 5.41) is 4.20. The summed E-state index contributed by atoms with van der Waals surface area (Å²) in [4.78, 5) is 2.35. The van der Waals surface area contributed by atoms with Gasteiger partial charge in [0, 0.05) is 51.9 Å². The molecule has 0 radical (unpaired) electrons. The zero-order valence-corrected chi connectivity index (χ0v) is 9.97. The van der Waals surface area contributed by atoms with E-state index in [2.05, 4.69) is 16.2 Å². The van der Waals surface area contributed by atoms with Crippen LogP contribution in [0.1, 0.15) is 11.5 Å². The van der Waals surface area contributed by atoms with E-state index in [4.69, 9.17) is 10.5 Å². The molecule has 0 amide bonds. The van der Waals surface area contributed by atoms with Gasteiger partial charge < -0.3 is 10.5 Å². The summed E-state index contributed by atoms with van der Waals surface area (Å²) in [6, 6.07) is 0.209. The van der Waals surface area contributed by atoms with Gasteiger partial charge in [-0.05, 0) is 5.56 Å². The third-order valence-electron chi connectivity index (χ3n) is 3.21. The third-order valence-corrected chi connectivity index (χ3v) is 3.21. The third kappa shape index (κ3) is 2.42. The summed E-state index contributed by atoms with van der Waals surface area (Å²) in [7, 11) is 3.67. The lowest BCUT2D eigenvalue weighted by Crippen LogP contribution is -2.30. The number of aromatic nitrogens is 2. The molecule has 0 spiro atoms. The molecule has 2 N–H and O–H groups in total. The zero-order chi connectivity index (χ0) is 11.5. The highest BCUT2D eigenvalue weighted by Gasteiger charge is 2.31. The number of hydrogen-bond donors (Lipinski definition) is 1. The zero-order valence-electron chi connectivity index (χ0n) is 9.97. The summed E-state index contributed by atoms with van der Waals surface area (Å²) >= 11 is 0. The fourth-order valence-electron chi connectivity index (χ4n) is 2.30. The minimum absolute atomic E-state index is 0.209. The fraction of sp³-hybridized carbons (Fsp3) is 0.727. The van der Waals surface area contributed by atoms with Crippen molar-refractivity contribution in [2.75, 3.05) is 33.4 Å². The number of ether oxygens (including phenoxy) is 1. The SMILES string of the molecule is COCCN1CC(c2cnn(C)c2)[C@H](N)C1. The van der Waals surface area contributed by atoms with Crippen LogP contribution in [0, 0.1) is 0 Å². The Morgan fingerprint density at radius 3 is 3.00 bits per heavy atom. The van der Waals surface area contributed by atoms with E-state index < -0.39 is 0 Å². The maximum absolute atomic E-state index is 6.16. The van der Waals surface area contributed by atoms with Gasteiger partial charge in [-0.25, -0.2) is 0 Å². The first-order valence-electron chi connectivity index (χ1n) is 5.66. The van der Waals surface area contributed by atoms with Crippen molar-refractivity contribution in [3.63, 3.8) is 0 Å². The minimum atomic E-state index is 0.209. The molecule has 1 aromatic heterocycles. The van der Waals surface area contributed by atoms with Crippen LogP contribution in [0.3, 0.4) is 0 Å². The van der Waals surface area contributed by atoms with Crippen LogP contribution >= 0.6 is 0 Å². The average molecular weight is 224 g/mol. The molecule has 5 heteroatoms. The molecule has 90 valence electrons. The molecule has 2 atom stereocenters. The molecule has 0 aromatic carbocycles. The lowest BCUT2D eigenvalue weighted by molar-refractivity contribution is 0.160. The van der Waals surface area contributed by atoms with Crippen LogP contribution in [0.4, 0.5) is 0 Å². The van der Waals surface area contributed by atoms with Crippen molar-refractivity contribution in [1.29, 1.82) is 0 Å². The molecule has 1 unspecified atom stereocenters. The molecule has 0 bridgehead atoms. The van der Waals surface area contributed by atoms with Gasteiger partial charge in [0.1, 0.15) is 0 Å². The van der Waals surface area contributed by atoms with E-state index in [0.29, 0.717) is 5.92 Å². The number of hydrogen-bond acceptors (Lipinski definition) is 4. The van der Waals surface area contributed by atoms with Crippen LogP contribution in [-0.4, -0.2) is 54.1 Å². The highest BCUT2D eigenvalue weighted by molar-refractivity contribution is 5.17. The quantitative estimate of drug-likeness (QED) is 0.769. The van der Waals surface area contributed by atoms with Gasteiger partial charge in [0.15, 0.2) is 0 Å². The van der Waals surface area contributed by atoms with Crippen LogP contribution < -0.4 is 5.73 Å². The van der Waals surface area contributed by atoms with Crippen molar-refractivity contribution >= 4 is 0 Å². The van der Waals surface area contributed by atoms with Gasteiger partial charge in [-0.3, -0.25) is 9.58 Å². The van der Waals surface area contributed by atoms with Crippen molar-refractivity contribution in [3.05, 3.63) is 18.0 Å². The van der Waals surface area contributed by atoms with Gasteiger partial charge in [-0.1, -0.05) is 0 Å². The molecule has 1 saturated heterocycles. The number of rotatable bonds is 4. The van der Waals surface area contributed by atoms with E-state index in [1.54, 1.807) is 7.11 Å². The topological polar surface area (TPSA) is 56.3 Å². The Morgan fingerprint density at radius 2 is 2.38 bits per heavy atom. The summed E-state index contributed by atoms with van der Waals surface area (Å²) in [5.74, 6) is 0.408. The fourth-order valence-corrected chi connectivity index (χ4v) is 2.30. The van der Waals surface area contributed by atoms with Crippen LogP contribution in [-0.2, 0) is 11.8 Å². The van der Waals surface area contributed by atoms with E-state index in [-0.39, 0.29) is 6.04 Å². The minimum Gasteiger partial charge on any atom is -0.383 e. The second kappa shape index (κ2) is 4.95. The van der Waals surface area contributed by atoms with E-state index in [9.17, 15) is 0 Å². The molecule has 1 aliphatic rings. The van der Waals surface area contributed by atoms with Crippen LogP contribution in [0.2, 0.25) is 0 Å². The van der Waals surface area contributed by atoms with Crippen molar-refractivity contribution in [2.24, 2.45) is 12.8 Å². The monoisotopic (exact) mass is 224 g/mol. The number of methoxy groups -OCH3 is 1. The predicted octanol–water partition coefficient (Wildman–Crippen LogP) is -0.207. The first-order chi connectivity index (χ1) is 7.70. The molecule has 5 nitrogen and oxygen atoms in total. The van der Waals surface area contributed by atoms with Gasteiger partial charge in [-0.15, -0.1) is 0 Å². The van der Waals surface area contributed by atoms with E-state index >= 15 is 0 Å². The molecule has 2 rings (SSSR count). The number of nitrogens with two attached hydrogens (primary N) is 1. The maximum Gasteiger partial charge on any atom is 0.0589 e. The molecule has 1 aromatic rings. The highest BCUT2D eigenvalue weighted by Crippen LogP contribution is 2.25.